The molecule has 3 heteroatoms. The SMILES string of the molecule is OC1(CCNCC2CCCCNC2)CC1. The fourth-order valence-electron chi connectivity index (χ4n) is 2.29. The molecule has 0 aromatic carbocycles. The van der Waals surface area contributed by atoms with Crippen molar-refractivity contribution in [2.24, 2.45) is 5.92 Å². The monoisotopic (exact) mass is 212 g/mol. The Kier molecular flexibility index (Phi) is 4.00. The van der Waals surface area contributed by atoms with Gasteiger partial charge in [0.25, 0.3) is 0 Å². The van der Waals surface area contributed by atoms with Gasteiger partial charge in [0.1, 0.15) is 0 Å². The van der Waals surface area contributed by atoms with Crippen LogP contribution in [0.4, 0.5) is 0 Å². The summed E-state index contributed by atoms with van der Waals surface area (Å²) in [5.74, 6) is 0.793. The molecule has 1 heterocycles. The first-order valence-corrected chi connectivity index (χ1v) is 6.42. The van der Waals surface area contributed by atoms with Crippen LogP contribution in [-0.4, -0.2) is 36.9 Å². The largest absolute Gasteiger partial charge is 0.390 e. The van der Waals surface area contributed by atoms with Crippen molar-refractivity contribution < 1.29 is 5.11 Å². The molecule has 2 aliphatic rings. The maximum Gasteiger partial charge on any atom is 0.0662 e. The molecular formula is C12H24N2O. The van der Waals surface area contributed by atoms with Crippen molar-refractivity contribution in [3.63, 3.8) is 0 Å². The molecule has 0 radical (unpaired) electrons. The Morgan fingerprint density at radius 1 is 1.33 bits per heavy atom. The van der Waals surface area contributed by atoms with Gasteiger partial charge in [-0.15, -0.1) is 0 Å². The first kappa shape index (κ1) is 11.4. The number of hydrogen-bond donors (Lipinski definition) is 3. The van der Waals surface area contributed by atoms with Gasteiger partial charge in [0, 0.05) is 0 Å². The van der Waals surface area contributed by atoms with Crippen LogP contribution in [0.25, 0.3) is 0 Å². The third kappa shape index (κ3) is 4.09. The van der Waals surface area contributed by atoms with E-state index in [-0.39, 0.29) is 5.60 Å². The van der Waals surface area contributed by atoms with Crippen molar-refractivity contribution in [1.82, 2.24) is 10.6 Å². The minimum atomic E-state index is -0.283. The molecule has 0 amide bonds. The van der Waals surface area contributed by atoms with Crippen molar-refractivity contribution >= 4 is 0 Å². The Balaban J connectivity index is 1.52. The molecular weight excluding hydrogens is 188 g/mol. The zero-order valence-electron chi connectivity index (χ0n) is 9.60. The van der Waals surface area contributed by atoms with Gasteiger partial charge >= 0.3 is 0 Å². The van der Waals surface area contributed by atoms with Crippen LogP contribution in [0.5, 0.6) is 0 Å². The van der Waals surface area contributed by atoms with E-state index in [2.05, 4.69) is 10.6 Å². The fourth-order valence-corrected chi connectivity index (χ4v) is 2.29. The fraction of sp³-hybridized carbons (Fsp3) is 1.00. The summed E-state index contributed by atoms with van der Waals surface area (Å²) >= 11 is 0. The average molecular weight is 212 g/mol. The zero-order chi connectivity index (χ0) is 10.6. The molecule has 2 fully saturated rings. The highest BCUT2D eigenvalue weighted by molar-refractivity contribution is 4.93. The van der Waals surface area contributed by atoms with E-state index in [1.54, 1.807) is 0 Å². The van der Waals surface area contributed by atoms with Crippen LogP contribution in [0, 0.1) is 5.92 Å². The smallest absolute Gasteiger partial charge is 0.0662 e. The predicted molar refractivity (Wildman–Crippen MR) is 61.9 cm³/mol. The Labute approximate surface area is 92.6 Å². The second-order valence-corrected chi connectivity index (χ2v) is 5.24. The third-order valence-corrected chi connectivity index (χ3v) is 3.68. The zero-order valence-corrected chi connectivity index (χ0v) is 9.60. The Hall–Kier alpha value is -0.120. The van der Waals surface area contributed by atoms with Gasteiger partial charge in [0.15, 0.2) is 0 Å². The minimum Gasteiger partial charge on any atom is -0.390 e. The lowest BCUT2D eigenvalue weighted by Crippen LogP contribution is -2.31. The van der Waals surface area contributed by atoms with E-state index in [1.165, 1.54) is 25.8 Å². The number of rotatable bonds is 5. The summed E-state index contributed by atoms with van der Waals surface area (Å²) < 4.78 is 0. The summed E-state index contributed by atoms with van der Waals surface area (Å²) in [5, 5.41) is 16.6. The Bertz CT molecular complexity index is 184. The minimum absolute atomic E-state index is 0.283. The van der Waals surface area contributed by atoms with Crippen molar-refractivity contribution in [2.75, 3.05) is 26.2 Å². The molecule has 0 spiro atoms. The van der Waals surface area contributed by atoms with Gasteiger partial charge in [-0.1, -0.05) is 6.42 Å². The van der Waals surface area contributed by atoms with E-state index in [4.69, 9.17) is 0 Å². The maximum absolute atomic E-state index is 9.66. The van der Waals surface area contributed by atoms with Gasteiger partial charge in [-0.25, -0.2) is 0 Å². The molecule has 2 rings (SSSR count). The Morgan fingerprint density at radius 2 is 2.20 bits per heavy atom. The predicted octanol–water partition coefficient (Wildman–Crippen LogP) is 0.881. The maximum atomic E-state index is 9.66. The molecule has 1 saturated heterocycles. The van der Waals surface area contributed by atoms with Crippen LogP contribution in [-0.2, 0) is 0 Å². The molecule has 1 aliphatic heterocycles. The second-order valence-electron chi connectivity index (χ2n) is 5.24. The van der Waals surface area contributed by atoms with E-state index in [1.807, 2.05) is 0 Å². The molecule has 0 aromatic heterocycles. The first-order chi connectivity index (χ1) is 7.29. The molecule has 1 aliphatic carbocycles. The van der Waals surface area contributed by atoms with Crippen LogP contribution in [0.2, 0.25) is 0 Å². The summed E-state index contributed by atoms with van der Waals surface area (Å²) in [6.07, 6.45) is 7.01. The van der Waals surface area contributed by atoms with Gasteiger partial charge in [-0.2, -0.15) is 0 Å². The van der Waals surface area contributed by atoms with Crippen LogP contribution in [0.3, 0.4) is 0 Å². The van der Waals surface area contributed by atoms with Crippen LogP contribution >= 0.6 is 0 Å². The molecule has 3 nitrogen and oxygen atoms in total. The standard InChI is InChI=1S/C12H24N2O/c15-12(4-5-12)6-8-14-10-11-3-1-2-7-13-9-11/h11,13-15H,1-10H2. The van der Waals surface area contributed by atoms with E-state index >= 15 is 0 Å². The molecule has 1 saturated carbocycles. The van der Waals surface area contributed by atoms with Crippen LogP contribution in [0.1, 0.15) is 38.5 Å². The average Bonchev–Trinajstić information content (AvgIpc) is 2.98. The van der Waals surface area contributed by atoms with Gasteiger partial charge in [0.2, 0.25) is 0 Å². The lowest BCUT2D eigenvalue weighted by molar-refractivity contribution is 0.139. The lowest BCUT2D eigenvalue weighted by Gasteiger charge is -2.15. The van der Waals surface area contributed by atoms with Crippen LogP contribution < -0.4 is 10.6 Å². The van der Waals surface area contributed by atoms with Crippen LogP contribution in [0.15, 0.2) is 0 Å². The summed E-state index contributed by atoms with van der Waals surface area (Å²) in [4.78, 5) is 0. The molecule has 0 aromatic rings. The van der Waals surface area contributed by atoms with E-state index in [9.17, 15) is 5.11 Å². The second kappa shape index (κ2) is 5.28. The quantitative estimate of drug-likeness (QED) is 0.593. The number of nitrogens with one attached hydrogen (secondary N) is 2. The van der Waals surface area contributed by atoms with Gasteiger partial charge in [-0.05, 0) is 64.2 Å². The molecule has 3 N–H and O–H groups in total. The van der Waals surface area contributed by atoms with E-state index in [0.717, 1.165) is 44.8 Å². The summed E-state index contributed by atoms with van der Waals surface area (Å²) in [6.45, 7) is 4.45. The molecule has 1 unspecified atom stereocenters. The molecule has 88 valence electrons. The topological polar surface area (TPSA) is 44.3 Å². The van der Waals surface area contributed by atoms with Crippen molar-refractivity contribution in [3.8, 4) is 0 Å². The van der Waals surface area contributed by atoms with Crippen molar-refractivity contribution in [1.29, 1.82) is 0 Å². The molecule has 1 atom stereocenters. The highest BCUT2D eigenvalue weighted by atomic mass is 16.3. The number of aliphatic hydroxyl groups is 1. The number of hydrogen-bond acceptors (Lipinski definition) is 3. The third-order valence-electron chi connectivity index (χ3n) is 3.68. The normalized spacial score (nSPS) is 29.8. The highest BCUT2D eigenvalue weighted by Gasteiger charge is 2.39. The molecule has 15 heavy (non-hydrogen) atoms. The Morgan fingerprint density at radius 3 is 3.00 bits per heavy atom. The van der Waals surface area contributed by atoms with Gasteiger partial charge in [-0.3, -0.25) is 0 Å². The first-order valence-electron chi connectivity index (χ1n) is 6.42. The van der Waals surface area contributed by atoms with E-state index in [0.29, 0.717) is 0 Å². The summed E-state index contributed by atoms with van der Waals surface area (Å²) in [6, 6.07) is 0. The van der Waals surface area contributed by atoms with E-state index < -0.39 is 0 Å². The van der Waals surface area contributed by atoms with Gasteiger partial charge < -0.3 is 15.7 Å². The summed E-state index contributed by atoms with van der Waals surface area (Å²) in [7, 11) is 0. The van der Waals surface area contributed by atoms with Crippen molar-refractivity contribution in [2.45, 2.75) is 44.1 Å². The highest BCUT2D eigenvalue weighted by Crippen LogP contribution is 2.37. The van der Waals surface area contributed by atoms with Crippen molar-refractivity contribution in [3.05, 3.63) is 0 Å². The lowest BCUT2D eigenvalue weighted by atomic mass is 10.0. The van der Waals surface area contributed by atoms with Gasteiger partial charge in [0.05, 0.1) is 5.60 Å². The molecule has 0 bridgehead atoms. The summed E-state index contributed by atoms with van der Waals surface area (Å²) in [5.41, 5.74) is -0.283.